The summed E-state index contributed by atoms with van der Waals surface area (Å²) in [7, 11) is 0. The Labute approximate surface area is 91.7 Å². The topological polar surface area (TPSA) is 50.1 Å². The molecule has 3 heteroatoms. The largest absolute Gasteiger partial charge is 0.465 e. The van der Waals surface area contributed by atoms with Crippen LogP contribution < -0.4 is 0 Å². The van der Waals surface area contributed by atoms with Gasteiger partial charge in [-0.25, -0.2) is 4.79 Å². The number of hydrogen-bond donors (Lipinski definition) is 0. The van der Waals surface area contributed by atoms with E-state index in [-0.39, 0.29) is 0 Å². The van der Waals surface area contributed by atoms with Crippen molar-refractivity contribution in [2.45, 2.75) is 40.5 Å². The van der Waals surface area contributed by atoms with E-state index < -0.39 is 11.4 Å². The van der Waals surface area contributed by atoms with Crippen molar-refractivity contribution in [3.8, 4) is 6.07 Å². The van der Waals surface area contributed by atoms with Crippen molar-refractivity contribution in [2.24, 2.45) is 5.41 Å². The highest BCUT2D eigenvalue weighted by atomic mass is 16.5. The second-order valence-corrected chi connectivity index (χ2v) is 3.46. The van der Waals surface area contributed by atoms with Crippen LogP contribution in [0.5, 0.6) is 0 Å². The molecule has 84 valence electrons. The maximum atomic E-state index is 11.8. The zero-order valence-electron chi connectivity index (χ0n) is 9.96. The minimum atomic E-state index is -1.08. The van der Waals surface area contributed by atoms with Crippen LogP contribution >= 0.6 is 0 Å². The minimum absolute atomic E-state index is 0.309. The average Bonchev–Trinajstić information content (AvgIpc) is 2.25. The van der Waals surface area contributed by atoms with Gasteiger partial charge in [-0.2, -0.15) is 5.26 Å². The first kappa shape index (κ1) is 13.7. The van der Waals surface area contributed by atoms with E-state index in [1.54, 1.807) is 19.9 Å². The lowest BCUT2D eigenvalue weighted by Crippen LogP contribution is -2.32. The van der Waals surface area contributed by atoms with Crippen LogP contribution in [0.4, 0.5) is 0 Å². The molecule has 0 saturated carbocycles. The summed E-state index contributed by atoms with van der Waals surface area (Å²) in [6.07, 6.45) is 3.09. The standard InChI is InChI=1S/C12H19NO2/c1-5-8-12(9-13,10(4)6-2)11(14)15-7-3/h6H,5,7-8H2,1-4H3. The van der Waals surface area contributed by atoms with Gasteiger partial charge in [-0.1, -0.05) is 19.4 Å². The highest BCUT2D eigenvalue weighted by Crippen LogP contribution is 2.33. The van der Waals surface area contributed by atoms with Gasteiger partial charge >= 0.3 is 5.97 Å². The number of carbonyl (C=O) groups excluding carboxylic acids is 1. The molecule has 15 heavy (non-hydrogen) atoms. The van der Waals surface area contributed by atoms with Gasteiger partial charge in [0.15, 0.2) is 5.41 Å². The maximum Gasteiger partial charge on any atom is 0.330 e. The van der Waals surface area contributed by atoms with Gasteiger partial charge in [0.1, 0.15) is 0 Å². The average molecular weight is 209 g/mol. The number of allylic oxidation sites excluding steroid dienone is 1. The molecule has 0 aliphatic heterocycles. The van der Waals surface area contributed by atoms with Gasteiger partial charge in [-0.15, -0.1) is 0 Å². The second kappa shape index (κ2) is 6.23. The molecule has 0 aromatic rings. The number of carbonyl (C=O) groups is 1. The summed E-state index contributed by atoms with van der Waals surface area (Å²) in [5.74, 6) is -0.426. The lowest BCUT2D eigenvalue weighted by molar-refractivity contribution is -0.150. The molecule has 0 amide bonds. The van der Waals surface area contributed by atoms with Crippen LogP contribution in [0.15, 0.2) is 11.6 Å². The van der Waals surface area contributed by atoms with Gasteiger partial charge in [0.25, 0.3) is 0 Å². The van der Waals surface area contributed by atoms with Crippen LogP contribution in [0, 0.1) is 16.7 Å². The molecule has 0 aliphatic carbocycles. The Hall–Kier alpha value is -1.30. The number of hydrogen-bond acceptors (Lipinski definition) is 3. The van der Waals surface area contributed by atoms with Crippen molar-refractivity contribution in [1.82, 2.24) is 0 Å². The van der Waals surface area contributed by atoms with E-state index in [0.717, 1.165) is 12.0 Å². The molecular weight excluding hydrogens is 190 g/mol. The molecule has 0 aromatic heterocycles. The fraction of sp³-hybridized carbons (Fsp3) is 0.667. The minimum Gasteiger partial charge on any atom is -0.465 e. The molecule has 0 N–H and O–H groups in total. The Kier molecular flexibility index (Phi) is 5.69. The lowest BCUT2D eigenvalue weighted by Gasteiger charge is -2.24. The van der Waals surface area contributed by atoms with Crippen molar-refractivity contribution < 1.29 is 9.53 Å². The normalized spacial score (nSPS) is 15.3. The van der Waals surface area contributed by atoms with Gasteiger partial charge < -0.3 is 4.74 Å². The van der Waals surface area contributed by atoms with E-state index in [1.807, 2.05) is 13.8 Å². The number of rotatable bonds is 5. The molecule has 0 spiro atoms. The molecule has 0 radical (unpaired) electrons. The van der Waals surface area contributed by atoms with Crippen molar-refractivity contribution in [2.75, 3.05) is 6.61 Å². The lowest BCUT2D eigenvalue weighted by atomic mass is 9.78. The first-order valence-electron chi connectivity index (χ1n) is 5.30. The van der Waals surface area contributed by atoms with Crippen LogP contribution in [-0.4, -0.2) is 12.6 Å². The molecular formula is C12H19NO2. The molecule has 0 aromatic carbocycles. The van der Waals surface area contributed by atoms with E-state index in [2.05, 4.69) is 6.07 Å². The third-order valence-corrected chi connectivity index (χ3v) is 2.55. The van der Waals surface area contributed by atoms with Crippen molar-refractivity contribution in [3.63, 3.8) is 0 Å². The van der Waals surface area contributed by atoms with Gasteiger partial charge in [0.2, 0.25) is 0 Å². The number of nitriles is 1. The van der Waals surface area contributed by atoms with E-state index in [1.165, 1.54) is 0 Å². The highest BCUT2D eigenvalue weighted by Gasteiger charge is 2.40. The zero-order valence-corrected chi connectivity index (χ0v) is 9.96. The van der Waals surface area contributed by atoms with Crippen LogP contribution in [-0.2, 0) is 9.53 Å². The predicted octanol–water partition coefficient (Wildman–Crippen LogP) is 2.83. The van der Waals surface area contributed by atoms with Gasteiger partial charge in [-0.3, -0.25) is 0 Å². The number of ether oxygens (including phenoxy) is 1. The molecule has 0 heterocycles. The molecule has 3 nitrogen and oxygen atoms in total. The highest BCUT2D eigenvalue weighted by molar-refractivity contribution is 5.83. The fourth-order valence-electron chi connectivity index (χ4n) is 1.53. The van der Waals surface area contributed by atoms with E-state index in [4.69, 9.17) is 4.74 Å². The zero-order chi connectivity index (χ0) is 11.9. The Morgan fingerprint density at radius 3 is 2.47 bits per heavy atom. The summed E-state index contributed by atoms with van der Waals surface area (Å²) < 4.78 is 4.97. The Balaban J connectivity index is 5.17. The Bertz CT molecular complexity index is 288. The summed E-state index contributed by atoms with van der Waals surface area (Å²) in [4.78, 5) is 11.8. The summed E-state index contributed by atoms with van der Waals surface area (Å²) >= 11 is 0. The van der Waals surface area contributed by atoms with E-state index in [9.17, 15) is 10.1 Å². The molecule has 0 aliphatic rings. The third kappa shape index (κ3) is 2.82. The van der Waals surface area contributed by atoms with Crippen LogP contribution in [0.1, 0.15) is 40.5 Å². The quantitative estimate of drug-likeness (QED) is 0.516. The summed E-state index contributed by atoms with van der Waals surface area (Å²) in [5.41, 5.74) is -0.315. The van der Waals surface area contributed by atoms with Crippen molar-refractivity contribution >= 4 is 5.97 Å². The van der Waals surface area contributed by atoms with Crippen molar-refractivity contribution in [1.29, 1.82) is 5.26 Å². The van der Waals surface area contributed by atoms with Crippen LogP contribution in [0.25, 0.3) is 0 Å². The number of esters is 1. The SMILES string of the molecule is CC=C(C)C(C#N)(CCC)C(=O)OCC. The van der Waals surface area contributed by atoms with E-state index in [0.29, 0.717) is 13.0 Å². The van der Waals surface area contributed by atoms with Crippen LogP contribution in [0.3, 0.4) is 0 Å². The smallest absolute Gasteiger partial charge is 0.330 e. The van der Waals surface area contributed by atoms with Gasteiger partial charge in [0.05, 0.1) is 12.7 Å². The first-order chi connectivity index (χ1) is 7.08. The fourth-order valence-corrected chi connectivity index (χ4v) is 1.53. The Morgan fingerprint density at radius 2 is 2.13 bits per heavy atom. The third-order valence-electron chi connectivity index (χ3n) is 2.55. The van der Waals surface area contributed by atoms with E-state index >= 15 is 0 Å². The molecule has 1 atom stereocenters. The van der Waals surface area contributed by atoms with Crippen LogP contribution in [0.2, 0.25) is 0 Å². The first-order valence-corrected chi connectivity index (χ1v) is 5.30. The summed E-state index contributed by atoms with van der Waals surface area (Å²) in [5, 5.41) is 9.21. The summed E-state index contributed by atoms with van der Waals surface area (Å²) in [6, 6.07) is 2.11. The Morgan fingerprint density at radius 1 is 1.53 bits per heavy atom. The molecule has 0 fully saturated rings. The maximum absolute atomic E-state index is 11.8. The number of nitrogens with zero attached hydrogens (tertiary/aromatic N) is 1. The van der Waals surface area contributed by atoms with Crippen molar-refractivity contribution in [3.05, 3.63) is 11.6 Å². The van der Waals surface area contributed by atoms with Gasteiger partial charge in [-0.05, 0) is 32.8 Å². The molecule has 0 rings (SSSR count). The summed E-state index contributed by atoms with van der Waals surface area (Å²) in [6.45, 7) is 7.64. The molecule has 1 unspecified atom stereocenters. The second-order valence-electron chi connectivity index (χ2n) is 3.46. The predicted molar refractivity (Wildman–Crippen MR) is 59.0 cm³/mol. The molecule has 0 bridgehead atoms. The van der Waals surface area contributed by atoms with Gasteiger partial charge in [0, 0.05) is 0 Å². The monoisotopic (exact) mass is 209 g/mol. The molecule has 0 saturated heterocycles.